The molecule has 2 N–H and O–H groups in total. The number of carbonyl (C=O) groups is 1. The number of carbonyl (C=O) groups excluding carboxylic acids is 1. The number of rotatable bonds is 9. The van der Waals surface area contributed by atoms with Crippen molar-refractivity contribution in [3.63, 3.8) is 0 Å². The Kier molecular flexibility index (Phi) is 7.02. The van der Waals surface area contributed by atoms with Crippen LogP contribution in [0.1, 0.15) is 36.2 Å². The minimum Gasteiger partial charge on any atom is -0.352 e. The topological polar surface area (TPSA) is 93.1 Å². The molecule has 0 bridgehead atoms. The van der Waals surface area contributed by atoms with Crippen LogP contribution >= 0.6 is 0 Å². The van der Waals surface area contributed by atoms with Gasteiger partial charge in [0.2, 0.25) is 10.0 Å². The van der Waals surface area contributed by atoms with Gasteiger partial charge >= 0.3 is 0 Å². The van der Waals surface area contributed by atoms with Gasteiger partial charge in [0.15, 0.2) is 0 Å². The van der Waals surface area contributed by atoms with Crippen molar-refractivity contribution in [2.45, 2.75) is 37.6 Å². The third kappa shape index (κ3) is 5.55. The summed E-state index contributed by atoms with van der Waals surface area (Å²) in [5.74, 6) is -0.234. The summed E-state index contributed by atoms with van der Waals surface area (Å²) in [4.78, 5) is 12.5. The fourth-order valence-corrected chi connectivity index (χ4v) is 4.19. The lowest BCUT2D eigenvalue weighted by Gasteiger charge is -2.12. The fourth-order valence-electron chi connectivity index (χ4n) is 2.86. The van der Waals surface area contributed by atoms with Crippen LogP contribution in [0.5, 0.6) is 0 Å². The Labute approximate surface area is 177 Å². The Bertz CT molecular complexity index is 1060. The first kappa shape index (κ1) is 21.7. The van der Waals surface area contributed by atoms with E-state index in [-0.39, 0.29) is 16.8 Å². The third-order valence-electron chi connectivity index (χ3n) is 4.80. The molecule has 0 fully saturated rings. The van der Waals surface area contributed by atoms with Gasteiger partial charge in [-0.1, -0.05) is 19.1 Å². The summed E-state index contributed by atoms with van der Waals surface area (Å²) in [6, 6.07) is 15.7. The van der Waals surface area contributed by atoms with Crippen LogP contribution in [0.3, 0.4) is 0 Å². The molecule has 30 heavy (non-hydrogen) atoms. The average Bonchev–Trinajstić information content (AvgIpc) is 3.29. The number of sulfonamides is 1. The van der Waals surface area contributed by atoms with Gasteiger partial charge in [0, 0.05) is 30.5 Å². The Morgan fingerprint density at radius 3 is 2.40 bits per heavy atom. The number of aromatic nitrogens is 2. The van der Waals surface area contributed by atoms with Crippen LogP contribution in [0.15, 0.2) is 71.9 Å². The molecule has 0 aliphatic rings. The van der Waals surface area contributed by atoms with Crippen LogP contribution in [0, 0.1) is 0 Å². The van der Waals surface area contributed by atoms with Crippen LogP contribution < -0.4 is 10.0 Å². The van der Waals surface area contributed by atoms with E-state index in [1.165, 1.54) is 24.3 Å². The molecule has 2 aromatic carbocycles. The van der Waals surface area contributed by atoms with E-state index in [1.54, 1.807) is 10.9 Å². The molecular formula is C22H26N4O3S. The van der Waals surface area contributed by atoms with Crippen molar-refractivity contribution >= 4 is 15.9 Å². The number of nitrogens with one attached hydrogen (secondary N) is 2. The first-order valence-electron chi connectivity index (χ1n) is 9.88. The lowest BCUT2D eigenvalue weighted by Crippen LogP contribution is -2.32. The van der Waals surface area contributed by atoms with Gasteiger partial charge in [-0.25, -0.2) is 17.8 Å². The first-order valence-corrected chi connectivity index (χ1v) is 11.4. The molecule has 0 saturated heterocycles. The molecule has 1 heterocycles. The molecule has 0 radical (unpaired) electrons. The monoisotopic (exact) mass is 426 g/mol. The first-order chi connectivity index (χ1) is 14.4. The van der Waals surface area contributed by atoms with Gasteiger partial charge in [-0.2, -0.15) is 5.10 Å². The number of amides is 1. The summed E-state index contributed by atoms with van der Waals surface area (Å²) in [5.41, 5.74) is 2.50. The van der Waals surface area contributed by atoms with Crippen molar-refractivity contribution < 1.29 is 13.2 Å². The summed E-state index contributed by atoms with van der Waals surface area (Å²) in [6.45, 7) is 4.20. The SMILES string of the molecule is CCC(C)NS(=O)(=O)c1ccc(C(=O)NCCc2ccc(-n3cccn3)cc2)cc1. The van der Waals surface area contributed by atoms with Gasteiger partial charge in [0.05, 0.1) is 10.6 Å². The predicted octanol–water partition coefficient (Wildman–Crippen LogP) is 2.92. The lowest BCUT2D eigenvalue weighted by molar-refractivity contribution is 0.0954. The molecule has 3 aromatic rings. The molecule has 0 aliphatic heterocycles. The van der Waals surface area contributed by atoms with Crippen molar-refractivity contribution in [1.29, 1.82) is 0 Å². The van der Waals surface area contributed by atoms with E-state index >= 15 is 0 Å². The molecule has 0 aliphatic carbocycles. The van der Waals surface area contributed by atoms with E-state index in [1.807, 2.05) is 50.4 Å². The van der Waals surface area contributed by atoms with Crippen LogP contribution in [0.2, 0.25) is 0 Å². The normalized spacial score (nSPS) is 12.5. The van der Waals surface area contributed by atoms with Gasteiger partial charge in [0.1, 0.15) is 0 Å². The summed E-state index contributed by atoms with van der Waals surface area (Å²) >= 11 is 0. The van der Waals surface area contributed by atoms with Crippen LogP contribution in [-0.2, 0) is 16.4 Å². The molecule has 1 amide bonds. The molecule has 7 nitrogen and oxygen atoms in total. The second-order valence-corrected chi connectivity index (χ2v) is 8.79. The van der Waals surface area contributed by atoms with Gasteiger partial charge < -0.3 is 5.32 Å². The van der Waals surface area contributed by atoms with E-state index in [0.717, 1.165) is 11.3 Å². The average molecular weight is 427 g/mol. The maximum absolute atomic E-state index is 12.3. The van der Waals surface area contributed by atoms with Crippen molar-refractivity contribution in [3.8, 4) is 5.69 Å². The van der Waals surface area contributed by atoms with E-state index in [9.17, 15) is 13.2 Å². The summed E-state index contributed by atoms with van der Waals surface area (Å²) in [5, 5.41) is 7.06. The highest BCUT2D eigenvalue weighted by Gasteiger charge is 2.17. The highest BCUT2D eigenvalue weighted by atomic mass is 32.2. The van der Waals surface area contributed by atoms with E-state index in [4.69, 9.17) is 0 Å². The quantitative estimate of drug-likeness (QED) is 0.550. The Morgan fingerprint density at radius 1 is 1.10 bits per heavy atom. The number of hydrogen-bond donors (Lipinski definition) is 2. The van der Waals surface area contributed by atoms with E-state index in [2.05, 4.69) is 15.1 Å². The Hall–Kier alpha value is -2.97. The third-order valence-corrected chi connectivity index (χ3v) is 6.41. The fraction of sp³-hybridized carbons (Fsp3) is 0.273. The van der Waals surface area contributed by atoms with Crippen LogP contribution in [0.4, 0.5) is 0 Å². The van der Waals surface area contributed by atoms with E-state index in [0.29, 0.717) is 24.9 Å². The number of benzene rings is 2. The highest BCUT2D eigenvalue weighted by molar-refractivity contribution is 7.89. The molecule has 158 valence electrons. The van der Waals surface area contributed by atoms with Crippen molar-refractivity contribution in [2.75, 3.05) is 6.54 Å². The molecule has 3 rings (SSSR count). The largest absolute Gasteiger partial charge is 0.352 e. The summed E-state index contributed by atoms with van der Waals surface area (Å²) < 4.78 is 29.0. The standard InChI is InChI=1S/C22H26N4O3S/c1-3-17(2)25-30(28,29)21-11-7-19(8-12-21)22(27)23-15-13-18-5-9-20(10-6-18)26-16-4-14-24-26/h4-12,14,16-17,25H,3,13,15H2,1-2H3,(H,23,27). The summed E-state index contributed by atoms with van der Waals surface area (Å²) in [6.07, 6.45) is 5.00. The zero-order chi connectivity index (χ0) is 21.6. The molecule has 8 heteroatoms. The zero-order valence-corrected chi connectivity index (χ0v) is 17.9. The molecule has 0 saturated carbocycles. The van der Waals surface area contributed by atoms with Gasteiger partial charge in [0.25, 0.3) is 5.91 Å². The van der Waals surface area contributed by atoms with Crippen molar-refractivity contribution in [1.82, 2.24) is 19.8 Å². The van der Waals surface area contributed by atoms with Crippen LogP contribution in [-0.4, -0.2) is 36.7 Å². The zero-order valence-electron chi connectivity index (χ0n) is 17.1. The maximum atomic E-state index is 12.3. The minimum atomic E-state index is -3.57. The molecule has 1 atom stereocenters. The molecule has 1 unspecified atom stereocenters. The summed E-state index contributed by atoms with van der Waals surface area (Å²) in [7, 11) is -3.57. The Morgan fingerprint density at radius 2 is 1.80 bits per heavy atom. The number of nitrogens with zero attached hydrogens (tertiary/aromatic N) is 2. The maximum Gasteiger partial charge on any atom is 0.251 e. The molecule has 1 aromatic heterocycles. The molecule has 0 spiro atoms. The molecular weight excluding hydrogens is 400 g/mol. The van der Waals surface area contributed by atoms with E-state index < -0.39 is 10.0 Å². The Balaban J connectivity index is 1.52. The highest BCUT2D eigenvalue weighted by Crippen LogP contribution is 2.12. The smallest absolute Gasteiger partial charge is 0.251 e. The second kappa shape index (κ2) is 9.69. The van der Waals surface area contributed by atoms with Gasteiger partial charge in [-0.15, -0.1) is 0 Å². The number of hydrogen-bond acceptors (Lipinski definition) is 4. The lowest BCUT2D eigenvalue weighted by atomic mass is 10.1. The van der Waals surface area contributed by atoms with Gasteiger partial charge in [-0.05, 0) is 67.8 Å². The van der Waals surface area contributed by atoms with Crippen LogP contribution in [0.25, 0.3) is 5.69 Å². The predicted molar refractivity (Wildman–Crippen MR) is 116 cm³/mol. The van der Waals surface area contributed by atoms with Crippen molar-refractivity contribution in [3.05, 3.63) is 78.1 Å². The van der Waals surface area contributed by atoms with Crippen molar-refractivity contribution in [2.24, 2.45) is 0 Å². The minimum absolute atomic E-state index is 0.147. The van der Waals surface area contributed by atoms with Gasteiger partial charge in [-0.3, -0.25) is 4.79 Å². The second-order valence-electron chi connectivity index (χ2n) is 7.08.